The number of imidazole rings is 1. The molecule has 28 heavy (non-hydrogen) atoms. The van der Waals surface area contributed by atoms with Gasteiger partial charge in [0.05, 0.1) is 12.4 Å². The van der Waals surface area contributed by atoms with Crippen LogP contribution in [0.3, 0.4) is 0 Å². The number of nitrogens with one attached hydrogen (secondary N) is 1. The number of benzene rings is 2. The van der Waals surface area contributed by atoms with Gasteiger partial charge in [-0.3, -0.25) is 4.79 Å². The molecule has 0 aliphatic carbocycles. The van der Waals surface area contributed by atoms with Crippen LogP contribution in [0.2, 0.25) is 5.02 Å². The molecule has 2 aromatic heterocycles. The molecule has 7 heteroatoms. The van der Waals surface area contributed by atoms with E-state index in [1.807, 2.05) is 54.1 Å². The molecule has 0 aliphatic heterocycles. The second kappa shape index (κ2) is 7.70. The normalized spacial score (nSPS) is 11.9. The van der Waals surface area contributed by atoms with Crippen molar-refractivity contribution >= 4 is 17.5 Å². The Balaban J connectivity index is 1.45. The van der Waals surface area contributed by atoms with E-state index < -0.39 is 0 Å². The van der Waals surface area contributed by atoms with Crippen LogP contribution in [0.25, 0.3) is 17.0 Å². The molecule has 1 unspecified atom stereocenters. The molecule has 0 radical (unpaired) electrons. The predicted octanol–water partition coefficient (Wildman–Crippen LogP) is 4.67. The number of nitrogens with zero attached hydrogens (tertiary/aromatic N) is 3. The van der Waals surface area contributed by atoms with Crippen molar-refractivity contribution in [1.29, 1.82) is 0 Å². The van der Waals surface area contributed by atoms with Crippen LogP contribution in [-0.2, 0) is 0 Å². The Morgan fingerprint density at radius 3 is 2.71 bits per heavy atom. The van der Waals surface area contributed by atoms with Crippen molar-refractivity contribution in [3.63, 3.8) is 0 Å². The highest BCUT2D eigenvalue weighted by atomic mass is 35.5. The Hall–Kier alpha value is -3.38. The molecule has 0 saturated heterocycles. The second-order valence-electron chi connectivity index (χ2n) is 6.34. The van der Waals surface area contributed by atoms with Crippen LogP contribution in [-0.4, -0.2) is 20.6 Å². The van der Waals surface area contributed by atoms with Crippen molar-refractivity contribution in [3.05, 3.63) is 89.6 Å². The van der Waals surface area contributed by atoms with Crippen molar-refractivity contribution in [2.75, 3.05) is 0 Å². The van der Waals surface area contributed by atoms with E-state index in [9.17, 15) is 4.79 Å². The molecule has 4 rings (SSSR count). The van der Waals surface area contributed by atoms with Crippen LogP contribution in [0.5, 0.6) is 0 Å². The molecule has 1 atom stereocenters. The highest BCUT2D eigenvalue weighted by molar-refractivity contribution is 6.30. The van der Waals surface area contributed by atoms with Gasteiger partial charge < -0.3 is 14.4 Å². The van der Waals surface area contributed by atoms with E-state index in [0.717, 1.165) is 16.8 Å². The lowest BCUT2D eigenvalue weighted by Gasteiger charge is -2.14. The maximum Gasteiger partial charge on any atom is 0.273 e. The third-order valence-corrected chi connectivity index (χ3v) is 4.63. The van der Waals surface area contributed by atoms with Gasteiger partial charge in [-0.25, -0.2) is 4.98 Å². The minimum absolute atomic E-state index is 0.185. The molecule has 0 fully saturated rings. The molecule has 4 aromatic rings. The summed E-state index contributed by atoms with van der Waals surface area (Å²) in [7, 11) is 0. The van der Waals surface area contributed by atoms with E-state index in [4.69, 9.17) is 16.1 Å². The number of carbonyl (C=O) groups is 1. The number of rotatable bonds is 5. The summed E-state index contributed by atoms with van der Waals surface area (Å²) >= 11 is 6.00. The van der Waals surface area contributed by atoms with Crippen LogP contribution in [0, 0.1) is 0 Å². The number of hydrogen-bond donors (Lipinski definition) is 1. The molecule has 0 bridgehead atoms. The molecule has 140 valence electrons. The highest BCUT2D eigenvalue weighted by Gasteiger charge is 2.17. The Morgan fingerprint density at radius 2 is 2.00 bits per heavy atom. The van der Waals surface area contributed by atoms with Gasteiger partial charge >= 0.3 is 0 Å². The number of amides is 1. The maximum atomic E-state index is 12.5. The minimum atomic E-state index is -0.303. The summed E-state index contributed by atoms with van der Waals surface area (Å²) < 4.78 is 7.21. The zero-order valence-electron chi connectivity index (χ0n) is 15.0. The Bertz CT molecular complexity index is 1090. The molecule has 0 aliphatic rings. The second-order valence-corrected chi connectivity index (χ2v) is 6.78. The van der Waals surface area contributed by atoms with Gasteiger partial charge in [0.25, 0.3) is 5.91 Å². The summed E-state index contributed by atoms with van der Waals surface area (Å²) in [5.41, 5.74) is 2.97. The molecule has 1 amide bonds. The zero-order valence-corrected chi connectivity index (χ0v) is 15.8. The van der Waals surface area contributed by atoms with Gasteiger partial charge in [0.15, 0.2) is 11.5 Å². The van der Waals surface area contributed by atoms with Crippen molar-refractivity contribution in [2.24, 2.45) is 0 Å². The molecular weight excluding hydrogens is 376 g/mol. The van der Waals surface area contributed by atoms with Gasteiger partial charge in [0, 0.05) is 34.7 Å². The van der Waals surface area contributed by atoms with Gasteiger partial charge in [-0.05, 0) is 36.8 Å². The lowest BCUT2D eigenvalue weighted by Crippen LogP contribution is -2.26. The maximum absolute atomic E-state index is 12.5. The van der Waals surface area contributed by atoms with Gasteiger partial charge in [0.1, 0.15) is 0 Å². The van der Waals surface area contributed by atoms with Gasteiger partial charge in [0.2, 0.25) is 0 Å². The predicted molar refractivity (Wildman–Crippen MR) is 106 cm³/mol. The van der Waals surface area contributed by atoms with E-state index in [0.29, 0.717) is 10.8 Å². The van der Waals surface area contributed by atoms with Crippen LogP contribution >= 0.6 is 11.6 Å². The first-order valence-corrected chi connectivity index (χ1v) is 9.10. The molecule has 2 aromatic carbocycles. The minimum Gasteiger partial charge on any atom is -0.355 e. The monoisotopic (exact) mass is 392 g/mol. The number of carbonyl (C=O) groups excluding carboxylic acids is 1. The van der Waals surface area contributed by atoms with Crippen LogP contribution in [0.15, 0.2) is 77.8 Å². The van der Waals surface area contributed by atoms with Crippen LogP contribution in [0.1, 0.15) is 29.0 Å². The summed E-state index contributed by atoms with van der Waals surface area (Å²) in [4.78, 5) is 16.6. The fraction of sp³-hybridized carbons (Fsp3) is 0.0952. The van der Waals surface area contributed by atoms with Gasteiger partial charge in [-0.2, -0.15) is 0 Å². The topological polar surface area (TPSA) is 73.0 Å². The standard InChI is InChI=1S/C21H17ClN4O2/c1-14(15-5-7-18(8-6-15)26-10-9-23-13-26)24-21(27)19-12-20(28-25-19)16-3-2-4-17(22)11-16/h2-14H,1H3,(H,24,27). The van der Waals surface area contributed by atoms with Crippen molar-refractivity contribution < 1.29 is 9.32 Å². The van der Waals surface area contributed by atoms with Crippen LogP contribution < -0.4 is 5.32 Å². The quantitative estimate of drug-likeness (QED) is 0.535. The molecule has 0 saturated carbocycles. The number of aromatic nitrogens is 3. The average Bonchev–Trinajstić information content (AvgIpc) is 3.40. The van der Waals surface area contributed by atoms with Gasteiger partial charge in [-0.15, -0.1) is 0 Å². The third kappa shape index (κ3) is 3.82. The smallest absolute Gasteiger partial charge is 0.273 e. The lowest BCUT2D eigenvalue weighted by molar-refractivity contribution is 0.0931. The molecule has 2 heterocycles. The summed E-state index contributed by atoms with van der Waals surface area (Å²) in [6.07, 6.45) is 5.34. The Labute approximate surface area is 166 Å². The van der Waals surface area contributed by atoms with E-state index in [2.05, 4.69) is 15.5 Å². The van der Waals surface area contributed by atoms with Crippen molar-refractivity contribution in [2.45, 2.75) is 13.0 Å². The Kier molecular flexibility index (Phi) is 4.95. The fourth-order valence-corrected chi connectivity index (χ4v) is 3.05. The van der Waals surface area contributed by atoms with E-state index in [-0.39, 0.29) is 17.6 Å². The lowest BCUT2D eigenvalue weighted by atomic mass is 10.1. The first-order chi connectivity index (χ1) is 13.6. The SMILES string of the molecule is CC(NC(=O)c1cc(-c2cccc(Cl)c2)on1)c1ccc(-n2ccnc2)cc1. The van der Waals surface area contributed by atoms with Crippen molar-refractivity contribution in [3.8, 4) is 17.0 Å². The molecular formula is C21H17ClN4O2. The van der Waals surface area contributed by atoms with E-state index in [1.165, 1.54) is 0 Å². The Morgan fingerprint density at radius 1 is 1.18 bits per heavy atom. The summed E-state index contributed by atoms with van der Waals surface area (Å²) in [6.45, 7) is 1.92. The van der Waals surface area contributed by atoms with E-state index >= 15 is 0 Å². The van der Waals surface area contributed by atoms with Crippen LogP contribution in [0.4, 0.5) is 0 Å². The fourth-order valence-electron chi connectivity index (χ4n) is 2.86. The number of hydrogen-bond acceptors (Lipinski definition) is 4. The summed E-state index contributed by atoms with van der Waals surface area (Å²) in [5, 5.41) is 7.40. The summed E-state index contributed by atoms with van der Waals surface area (Å²) in [6, 6.07) is 16.5. The van der Waals surface area contributed by atoms with Crippen molar-refractivity contribution in [1.82, 2.24) is 20.0 Å². The molecule has 0 spiro atoms. The first-order valence-electron chi connectivity index (χ1n) is 8.72. The third-order valence-electron chi connectivity index (χ3n) is 4.40. The summed E-state index contributed by atoms with van der Waals surface area (Å²) in [5.74, 6) is 0.188. The zero-order chi connectivity index (χ0) is 19.5. The molecule has 6 nitrogen and oxygen atoms in total. The highest BCUT2D eigenvalue weighted by Crippen LogP contribution is 2.24. The van der Waals surface area contributed by atoms with E-state index in [1.54, 1.807) is 30.7 Å². The molecule has 1 N–H and O–H groups in total. The first kappa shape index (κ1) is 18.0. The largest absolute Gasteiger partial charge is 0.355 e. The average molecular weight is 393 g/mol. The van der Waals surface area contributed by atoms with Gasteiger partial charge in [-0.1, -0.05) is 41.0 Å². The number of halogens is 1.